The fourth-order valence-electron chi connectivity index (χ4n) is 4.45. The van der Waals surface area contributed by atoms with Gasteiger partial charge in [0, 0.05) is 44.3 Å². The van der Waals surface area contributed by atoms with E-state index in [1.807, 2.05) is 30.5 Å². The number of rotatable bonds is 8. The molecule has 2 saturated heterocycles. The summed E-state index contributed by atoms with van der Waals surface area (Å²) in [5.41, 5.74) is 0. The Hall–Kier alpha value is -1.81. The molecule has 2 N–H and O–H groups in total. The fraction of sp³-hybridized carbons (Fsp3) is 0.565. The van der Waals surface area contributed by atoms with E-state index in [0.717, 1.165) is 63.1 Å². The molecule has 2 unspecified atom stereocenters. The Morgan fingerprint density at radius 3 is 2.94 bits per heavy atom. The lowest BCUT2D eigenvalue weighted by Gasteiger charge is -2.23. The molecule has 0 bridgehead atoms. The summed E-state index contributed by atoms with van der Waals surface area (Å²) in [6, 6.07) is 11.0. The molecule has 7 nitrogen and oxygen atoms in total. The Labute approximate surface area is 202 Å². The van der Waals surface area contributed by atoms with E-state index in [9.17, 15) is 0 Å². The van der Waals surface area contributed by atoms with Crippen LogP contribution in [0.5, 0.6) is 0 Å². The maximum Gasteiger partial charge on any atom is 0.191 e. The Balaban J connectivity index is 0.00000272. The van der Waals surface area contributed by atoms with Gasteiger partial charge in [-0.2, -0.15) is 0 Å². The lowest BCUT2D eigenvalue weighted by atomic mass is 10.2. The highest BCUT2D eigenvalue weighted by Crippen LogP contribution is 2.18. The molecule has 2 aromatic rings. The predicted octanol–water partition coefficient (Wildman–Crippen LogP) is 3.13. The van der Waals surface area contributed by atoms with Crippen LogP contribution in [0.3, 0.4) is 0 Å². The Kier molecular flexibility index (Phi) is 9.45. The standard InChI is InChI=1S/C23H34N6O.HI/c1-2-28-14-5-7-20(28)17-26-23(25-13-10-21-8-6-16-30-21)27-19-11-15-29(18-19)22-9-3-4-12-24-22;/h3-4,6,8-9,12,16,19-20H,2,5,7,10-11,13-15,17-18H2,1H3,(H2,25,26,27);1H. The summed E-state index contributed by atoms with van der Waals surface area (Å²) in [5.74, 6) is 2.96. The Morgan fingerprint density at radius 2 is 2.16 bits per heavy atom. The lowest BCUT2D eigenvalue weighted by molar-refractivity contribution is 0.273. The van der Waals surface area contributed by atoms with E-state index < -0.39 is 0 Å². The molecule has 170 valence electrons. The average molecular weight is 538 g/mol. The smallest absolute Gasteiger partial charge is 0.191 e. The number of furan rings is 1. The van der Waals surface area contributed by atoms with Gasteiger partial charge in [-0.05, 0) is 56.6 Å². The van der Waals surface area contributed by atoms with Gasteiger partial charge < -0.3 is 20.0 Å². The second-order valence-electron chi connectivity index (χ2n) is 8.13. The van der Waals surface area contributed by atoms with Crippen LogP contribution >= 0.6 is 24.0 Å². The number of anilines is 1. The first-order chi connectivity index (χ1) is 14.8. The van der Waals surface area contributed by atoms with Crippen LogP contribution in [0.25, 0.3) is 0 Å². The van der Waals surface area contributed by atoms with Gasteiger partial charge in [-0.3, -0.25) is 9.89 Å². The summed E-state index contributed by atoms with van der Waals surface area (Å²) in [6.45, 7) is 8.16. The third-order valence-corrected chi connectivity index (χ3v) is 6.11. The monoisotopic (exact) mass is 538 g/mol. The van der Waals surface area contributed by atoms with Gasteiger partial charge in [0.2, 0.25) is 0 Å². The summed E-state index contributed by atoms with van der Waals surface area (Å²) in [6.07, 6.45) is 8.05. The van der Waals surface area contributed by atoms with E-state index in [0.29, 0.717) is 12.1 Å². The highest BCUT2D eigenvalue weighted by molar-refractivity contribution is 14.0. The summed E-state index contributed by atoms with van der Waals surface area (Å²) < 4.78 is 5.46. The predicted molar refractivity (Wildman–Crippen MR) is 136 cm³/mol. The molecule has 0 aliphatic carbocycles. The van der Waals surface area contributed by atoms with Gasteiger partial charge in [0.1, 0.15) is 11.6 Å². The molecule has 0 amide bonds. The molecule has 2 aliphatic rings. The van der Waals surface area contributed by atoms with Crippen LogP contribution in [0.2, 0.25) is 0 Å². The van der Waals surface area contributed by atoms with Crippen molar-refractivity contribution in [2.75, 3.05) is 44.2 Å². The van der Waals surface area contributed by atoms with Crippen molar-refractivity contribution in [3.8, 4) is 0 Å². The van der Waals surface area contributed by atoms with Crippen molar-refractivity contribution < 1.29 is 4.42 Å². The number of aliphatic imine (C=N–C) groups is 1. The largest absolute Gasteiger partial charge is 0.469 e. The van der Waals surface area contributed by atoms with Crippen LogP contribution in [0.4, 0.5) is 5.82 Å². The molecule has 2 aromatic heterocycles. The second kappa shape index (κ2) is 12.3. The highest BCUT2D eigenvalue weighted by Gasteiger charge is 2.25. The SMILES string of the molecule is CCN1CCCC1CN=C(NCCc1ccco1)NC1CCN(c2ccccn2)C1.I. The zero-order valence-electron chi connectivity index (χ0n) is 18.4. The van der Waals surface area contributed by atoms with Gasteiger partial charge in [0.25, 0.3) is 0 Å². The Bertz CT molecular complexity index is 785. The minimum atomic E-state index is 0. The van der Waals surface area contributed by atoms with E-state index >= 15 is 0 Å². The van der Waals surface area contributed by atoms with Gasteiger partial charge in [0.15, 0.2) is 5.96 Å². The van der Waals surface area contributed by atoms with E-state index in [2.05, 4.69) is 38.4 Å². The summed E-state index contributed by atoms with van der Waals surface area (Å²) in [4.78, 5) is 14.4. The minimum absolute atomic E-state index is 0. The highest BCUT2D eigenvalue weighted by atomic mass is 127. The zero-order valence-corrected chi connectivity index (χ0v) is 20.7. The molecule has 31 heavy (non-hydrogen) atoms. The van der Waals surface area contributed by atoms with Gasteiger partial charge in [-0.1, -0.05) is 13.0 Å². The van der Waals surface area contributed by atoms with Crippen molar-refractivity contribution in [2.24, 2.45) is 4.99 Å². The van der Waals surface area contributed by atoms with Crippen molar-refractivity contribution in [3.05, 3.63) is 48.6 Å². The molecular formula is C23H35IN6O. The lowest BCUT2D eigenvalue weighted by Crippen LogP contribution is -2.46. The van der Waals surface area contributed by atoms with E-state index in [1.165, 1.54) is 19.4 Å². The van der Waals surface area contributed by atoms with Crippen LogP contribution < -0.4 is 15.5 Å². The summed E-state index contributed by atoms with van der Waals surface area (Å²) in [7, 11) is 0. The minimum Gasteiger partial charge on any atom is -0.469 e. The van der Waals surface area contributed by atoms with Crippen molar-refractivity contribution >= 4 is 35.8 Å². The number of nitrogens with zero attached hydrogens (tertiary/aromatic N) is 4. The first-order valence-corrected chi connectivity index (χ1v) is 11.3. The normalized spacial score (nSPS) is 21.8. The molecule has 8 heteroatoms. The molecule has 2 aliphatic heterocycles. The molecule has 0 saturated carbocycles. The molecule has 2 fully saturated rings. The number of aromatic nitrogens is 1. The number of guanidine groups is 1. The maximum atomic E-state index is 5.46. The molecule has 2 atom stereocenters. The summed E-state index contributed by atoms with van der Waals surface area (Å²) >= 11 is 0. The van der Waals surface area contributed by atoms with Crippen LogP contribution in [-0.2, 0) is 6.42 Å². The Morgan fingerprint density at radius 1 is 1.23 bits per heavy atom. The number of likely N-dealkylation sites (N-methyl/N-ethyl adjacent to an activating group) is 1. The van der Waals surface area contributed by atoms with Gasteiger partial charge in [-0.25, -0.2) is 4.98 Å². The van der Waals surface area contributed by atoms with Gasteiger partial charge in [-0.15, -0.1) is 24.0 Å². The van der Waals surface area contributed by atoms with E-state index in [4.69, 9.17) is 9.41 Å². The fourth-order valence-corrected chi connectivity index (χ4v) is 4.45. The van der Waals surface area contributed by atoms with Gasteiger partial charge in [0.05, 0.1) is 12.8 Å². The molecule has 4 rings (SSSR count). The number of hydrogen-bond acceptors (Lipinski definition) is 5. The first-order valence-electron chi connectivity index (χ1n) is 11.3. The van der Waals surface area contributed by atoms with Crippen LogP contribution in [0, 0.1) is 0 Å². The molecule has 0 spiro atoms. The van der Waals surface area contributed by atoms with E-state index in [1.54, 1.807) is 6.26 Å². The average Bonchev–Trinajstić information content (AvgIpc) is 3.54. The quantitative estimate of drug-likeness (QED) is 0.306. The number of nitrogens with one attached hydrogen (secondary N) is 2. The van der Waals surface area contributed by atoms with Crippen molar-refractivity contribution in [1.82, 2.24) is 20.5 Å². The first kappa shape index (κ1) is 23.8. The second-order valence-corrected chi connectivity index (χ2v) is 8.13. The third kappa shape index (κ3) is 6.83. The molecule has 4 heterocycles. The molecule has 0 aromatic carbocycles. The van der Waals surface area contributed by atoms with Crippen molar-refractivity contribution in [3.63, 3.8) is 0 Å². The molecular weight excluding hydrogens is 503 g/mol. The van der Waals surface area contributed by atoms with Gasteiger partial charge >= 0.3 is 0 Å². The van der Waals surface area contributed by atoms with Crippen LogP contribution in [-0.4, -0.2) is 67.2 Å². The summed E-state index contributed by atoms with van der Waals surface area (Å²) in [5, 5.41) is 7.20. The maximum absolute atomic E-state index is 5.46. The number of likely N-dealkylation sites (tertiary alicyclic amines) is 1. The zero-order chi connectivity index (χ0) is 20.6. The van der Waals surface area contributed by atoms with Crippen molar-refractivity contribution in [1.29, 1.82) is 0 Å². The van der Waals surface area contributed by atoms with E-state index in [-0.39, 0.29) is 24.0 Å². The number of halogens is 1. The number of hydrogen-bond donors (Lipinski definition) is 2. The third-order valence-electron chi connectivity index (χ3n) is 6.11. The topological polar surface area (TPSA) is 68.9 Å². The number of pyridine rings is 1. The molecule has 0 radical (unpaired) electrons. The van der Waals surface area contributed by atoms with Crippen LogP contribution in [0.15, 0.2) is 52.2 Å². The van der Waals surface area contributed by atoms with Crippen molar-refractivity contribution in [2.45, 2.75) is 44.7 Å². The van der Waals surface area contributed by atoms with Crippen LogP contribution in [0.1, 0.15) is 31.9 Å².